The lowest BCUT2D eigenvalue weighted by Crippen LogP contribution is -2.32. The predicted octanol–water partition coefficient (Wildman–Crippen LogP) is 0.270. The molecule has 0 amide bonds. The highest BCUT2D eigenvalue weighted by molar-refractivity contribution is 6.59. The zero-order valence-electron chi connectivity index (χ0n) is 7.28. The van der Waals surface area contributed by atoms with E-state index in [9.17, 15) is 0 Å². The maximum Gasteiger partial charge on any atom is 0.350 e. The lowest BCUT2D eigenvalue weighted by molar-refractivity contribution is 0.425. The molecular formula is C9H13ClO2Si. The Kier molecular flexibility index (Phi) is 4.45. The number of alkyl halides is 1. The van der Waals surface area contributed by atoms with Gasteiger partial charge in [0.1, 0.15) is 0 Å². The molecule has 0 fully saturated rings. The first-order valence-electron chi connectivity index (χ1n) is 4.25. The standard InChI is InChI=1S/C9H13ClO2Si/c10-7-3-5-8-4-1-2-6-9(8)13(11)12/h1-2,4,6,11-13H,3,5,7H2. The molecule has 0 unspecified atom stereocenters. The third-order valence-electron chi connectivity index (χ3n) is 1.91. The summed E-state index contributed by atoms with van der Waals surface area (Å²) in [5.74, 6) is 0.609. The summed E-state index contributed by atoms with van der Waals surface area (Å²) in [5, 5.41) is 0.715. The van der Waals surface area contributed by atoms with Gasteiger partial charge in [0, 0.05) is 5.88 Å². The molecule has 0 atom stereocenters. The number of aryl methyl sites for hydroxylation is 1. The van der Waals surface area contributed by atoms with Crippen molar-refractivity contribution in [1.82, 2.24) is 0 Å². The second kappa shape index (κ2) is 5.39. The Morgan fingerprint density at radius 3 is 2.54 bits per heavy atom. The second-order valence-corrected chi connectivity index (χ2v) is 4.61. The molecule has 1 rings (SSSR count). The quantitative estimate of drug-likeness (QED) is 0.561. The Morgan fingerprint density at radius 2 is 1.92 bits per heavy atom. The van der Waals surface area contributed by atoms with Crippen molar-refractivity contribution >= 4 is 26.1 Å². The minimum atomic E-state index is -2.65. The summed E-state index contributed by atoms with van der Waals surface area (Å²) in [6, 6.07) is 7.44. The molecule has 2 N–H and O–H groups in total. The molecular weight excluding hydrogens is 204 g/mol. The van der Waals surface area contributed by atoms with Gasteiger partial charge in [-0.2, -0.15) is 0 Å². The fourth-order valence-electron chi connectivity index (χ4n) is 1.27. The fourth-order valence-corrected chi connectivity index (χ4v) is 2.26. The third kappa shape index (κ3) is 3.12. The Bertz CT molecular complexity index is 266. The zero-order valence-corrected chi connectivity index (χ0v) is 9.19. The van der Waals surface area contributed by atoms with E-state index in [0.717, 1.165) is 18.4 Å². The summed E-state index contributed by atoms with van der Waals surface area (Å²) in [5.41, 5.74) is 1.02. The van der Waals surface area contributed by atoms with Crippen molar-refractivity contribution in [3.8, 4) is 0 Å². The van der Waals surface area contributed by atoms with Gasteiger partial charge in [0.2, 0.25) is 0 Å². The van der Waals surface area contributed by atoms with Crippen LogP contribution in [-0.2, 0) is 6.42 Å². The maximum absolute atomic E-state index is 9.17. The van der Waals surface area contributed by atoms with Gasteiger partial charge >= 0.3 is 9.28 Å². The number of halogens is 1. The Labute approximate surface area is 84.6 Å². The van der Waals surface area contributed by atoms with Crippen LogP contribution in [0, 0.1) is 0 Å². The van der Waals surface area contributed by atoms with Crippen molar-refractivity contribution in [3.63, 3.8) is 0 Å². The van der Waals surface area contributed by atoms with E-state index in [-0.39, 0.29) is 0 Å². The van der Waals surface area contributed by atoms with Gasteiger partial charge in [-0.3, -0.25) is 0 Å². The molecule has 0 spiro atoms. The average Bonchev–Trinajstić information content (AvgIpc) is 2.15. The van der Waals surface area contributed by atoms with Crippen LogP contribution < -0.4 is 5.19 Å². The molecule has 0 aliphatic carbocycles. The smallest absolute Gasteiger partial charge is 0.350 e. The Morgan fingerprint density at radius 1 is 1.23 bits per heavy atom. The van der Waals surface area contributed by atoms with Gasteiger partial charge in [-0.25, -0.2) is 0 Å². The Balaban J connectivity index is 2.78. The van der Waals surface area contributed by atoms with Gasteiger partial charge in [0.05, 0.1) is 0 Å². The normalized spacial score (nSPS) is 10.8. The third-order valence-corrected chi connectivity index (χ3v) is 3.30. The summed E-state index contributed by atoms with van der Waals surface area (Å²) < 4.78 is 0. The van der Waals surface area contributed by atoms with Crippen molar-refractivity contribution < 1.29 is 9.59 Å². The van der Waals surface area contributed by atoms with Crippen molar-refractivity contribution in [2.45, 2.75) is 12.8 Å². The number of benzene rings is 1. The van der Waals surface area contributed by atoms with E-state index in [0.29, 0.717) is 11.1 Å². The van der Waals surface area contributed by atoms with E-state index in [1.807, 2.05) is 18.2 Å². The van der Waals surface area contributed by atoms with Crippen molar-refractivity contribution in [3.05, 3.63) is 29.8 Å². The van der Waals surface area contributed by atoms with Gasteiger partial charge in [0.15, 0.2) is 0 Å². The highest BCUT2D eigenvalue weighted by Crippen LogP contribution is 2.01. The fraction of sp³-hybridized carbons (Fsp3) is 0.333. The van der Waals surface area contributed by atoms with E-state index >= 15 is 0 Å². The molecule has 0 heterocycles. The monoisotopic (exact) mass is 216 g/mol. The first-order chi connectivity index (χ1) is 6.25. The Hall–Kier alpha value is -0.353. The van der Waals surface area contributed by atoms with Crippen LogP contribution in [0.1, 0.15) is 12.0 Å². The lowest BCUT2D eigenvalue weighted by atomic mass is 10.1. The first kappa shape index (κ1) is 10.7. The first-order valence-corrected chi connectivity index (χ1v) is 6.40. The molecule has 0 bridgehead atoms. The molecule has 72 valence electrons. The van der Waals surface area contributed by atoms with Crippen LogP contribution in [0.3, 0.4) is 0 Å². The van der Waals surface area contributed by atoms with Crippen LogP contribution in [0.25, 0.3) is 0 Å². The van der Waals surface area contributed by atoms with E-state index < -0.39 is 9.28 Å². The molecule has 0 radical (unpaired) electrons. The average molecular weight is 217 g/mol. The van der Waals surface area contributed by atoms with Gasteiger partial charge in [-0.1, -0.05) is 24.3 Å². The van der Waals surface area contributed by atoms with Gasteiger partial charge in [-0.15, -0.1) is 11.6 Å². The molecule has 13 heavy (non-hydrogen) atoms. The number of rotatable bonds is 4. The minimum absolute atomic E-state index is 0.609. The van der Waals surface area contributed by atoms with Crippen LogP contribution >= 0.6 is 11.6 Å². The minimum Gasteiger partial charge on any atom is -0.410 e. The number of hydrogen-bond acceptors (Lipinski definition) is 2. The van der Waals surface area contributed by atoms with Crippen molar-refractivity contribution in [2.24, 2.45) is 0 Å². The highest BCUT2D eigenvalue weighted by Gasteiger charge is 2.10. The summed E-state index contributed by atoms with van der Waals surface area (Å²) in [6.07, 6.45) is 1.70. The van der Waals surface area contributed by atoms with E-state index in [1.54, 1.807) is 6.07 Å². The van der Waals surface area contributed by atoms with Crippen LogP contribution in [0.4, 0.5) is 0 Å². The summed E-state index contributed by atoms with van der Waals surface area (Å²) in [4.78, 5) is 18.3. The molecule has 0 saturated heterocycles. The van der Waals surface area contributed by atoms with E-state index in [1.165, 1.54) is 0 Å². The highest BCUT2D eigenvalue weighted by atomic mass is 35.5. The lowest BCUT2D eigenvalue weighted by Gasteiger charge is -2.08. The van der Waals surface area contributed by atoms with Crippen molar-refractivity contribution in [2.75, 3.05) is 5.88 Å². The summed E-state index contributed by atoms with van der Waals surface area (Å²) >= 11 is 5.57. The molecule has 0 aliphatic heterocycles. The van der Waals surface area contributed by atoms with Gasteiger partial charge in [0.25, 0.3) is 0 Å². The van der Waals surface area contributed by atoms with Crippen LogP contribution in [-0.4, -0.2) is 24.8 Å². The number of hydrogen-bond donors (Lipinski definition) is 2. The topological polar surface area (TPSA) is 40.5 Å². The molecule has 2 nitrogen and oxygen atoms in total. The molecule has 0 aromatic heterocycles. The molecule has 1 aromatic carbocycles. The summed E-state index contributed by atoms with van der Waals surface area (Å²) in [7, 11) is -2.65. The zero-order chi connectivity index (χ0) is 9.68. The van der Waals surface area contributed by atoms with Crippen molar-refractivity contribution in [1.29, 1.82) is 0 Å². The maximum atomic E-state index is 9.17. The summed E-state index contributed by atoms with van der Waals surface area (Å²) in [6.45, 7) is 0. The van der Waals surface area contributed by atoms with Crippen LogP contribution in [0.2, 0.25) is 0 Å². The van der Waals surface area contributed by atoms with E-state index in [4.69, 9.17) is 21.2 Å². The van der Waals surface area contributed by atoms with E-state index in [2.05, 4.69) is 0 Å². The molecule has 0 aliphatic rings. The van der Waals surface area contributed by atoms with Crippen LogP contribution in [0.15, 0.2) is 24.3 Å². The second-order valence-electron chi connectivity index (χ2n) is 2.87. The molecule has 0 saturated carbocycles. The molecule has 1 aromatic rings. The predicted molar refractivity (Wildman–Crippen MR) is 56.7 cm³/mol. The van der Waals surface area contributed by atoms with Gasteiger partial charge < -0.3 is 9.59 Å². The SMILES string of the molecule is O[SiH](O)c1ccccc1CCCCl. The molecule has 4 heteroatoms. The van der Waals surface area contributed by atoms with Gasteiger partial charge in [-0.05, 0) is 23.6 Å². The van der Waals surface area contributed by atoms with Crippen LogP contribution in [0.5, 0.6) is 0 Å². The largest absolute Gasteiger partial charge is 0.410 e.